The van der Waals surface area contributed by atoms with E-state index in [1.807, 2.05) is 0 Å². The molecule has 4 rings (SSSR count). The van der Waals surface area contributed by atoms with Crippen LogP contribution in [0.1, 0.15) is 11.6 Å². The van der Waals surface area contributed by atoms with Crippen LogP contribution in [0.5, 0.6) is 0 Å². The molecule has 0 aliphatic carbocycles. The van der Waals surface area contributed by atoms with Gasteiger partial charge in [0.2, 0.25) is 5.91 Å². The van der Waals surface area contributed by atoms with Crippen molar-refractivity contribution in [3.8, 4) is 0 Å². The lowest BCUT2D eigenvalue weighted by Gasteiger charge is -2.35. The fourth-order valence-corrected chi connectivity index (χ4v) is 4.03. The lowest BCUT2D eigenvalue weighted by atomic mass is 10.0. The molecule has 11 heteroatoms. The number of hydrogen-bond donors (Lipinski definition) is 1. The molecule has 176 valence electrons. The molecule has 3 aromatic rings. The van der Waals surface area contributed by atoms with Crippen molar-refractivity contribution < 1.29 is 23.5 Å². The lowest BCUT2D eigenvalue weighted by molar-refractivity contribution is -0.147. The van der Waals surface area contributed by atoms with E-state index in [4.69, 9.17) is 0 Å². The number of nitrogens with zero attached hydrogens (tertiary/aromatic N) is 3. The molecule has 2 aromatic carbocycles. The van der Waals surface area contributed by atoms with Crippen molar-refractivity contribution in [3.05, 3.63) is 74.7 Å². The van der Waals surface area contributed by atoms with E-state index >= 15 is 0 Å². The summed E-state index contributed by atoms with van der Waals surface area (Å²) in [5, 5.41) is 0.226. The number of amides is 1. The van der Waals surface area contributed by atoms with Crippen molar-refractivity contribution in [2.75, 3.05) is 38.2 Å². The second-order valence-electron chi connectivity index (χ2n) is 7.75. The number of methoxy groups -OCH3 is 1. The number of esters is 1. The molecule has 1 unspecified atom stereocenters. The lowest BCUT2D eigenvalue weighted by Crippen LogP contribution is -2.52. The number of carbonyl (C=O) groups is 3. The van der Waals surface area contributed by atoms with Gasteiger partial charge in [0.15, 0.2) is 0 Å². The summed E-state index contributed by atoms with van der Waals surface area (Å²) in [5.74, 6) is -1.54. The van der Waals surface area contributed by atoms with Crippen LogP contribution < -0.4 is 16.1 Å². The van der Waals surface area contributed by atoms with Gasteiger partial charge in [-0.1, -0.05) is 18.2 Å². The van der Waals surface area contributed by atoms with Crippen molar-refractivity contribution in [3.63, 3.8) is 0 Å². The zero-order chi connectivity index (χ0) is 24.4. The first kappa shape index (κ1) is 22.9. The molecule has 10 nitrogen and oxygen atoms in total. The number of carbonyl (C=O) groups excluding carboxylic acids is 3. The van der Waals surface area contributed by atoms with Crippen LogP contribution >= 0.6 is 0 Å². The third-order valence-corrected chi connectivity index (χ3v) is 5.77. The molecule has 1 atom stereocenters. The number of aromatic amines is 1. The first-order valence-electron chi connectivity index (χ1n) is 10.4. The summed E-state index contributed by atoms with van der Waals surface area (Å²) in [6, 6.07) is 9.14. The minimum Gasteiger partial charge on any atom is -0.468 e. The minimum absolute atomic E-state index is 0.0807. The summed E-state index contributed by atoms with van der Waals surface area (Å²) < 4.78 is 20.5. The highest BCUT2D eigenvalue weighted by molar-refractivity contribution is 5.86. The number of aromatic nitrogens is 2. The van der Waals surface area contributed by atoms with Crippen molar-refractivity contribution in [1.29, 1.82) is 0 Å². The molecular weight excluding hydrogens is 447 g/mol. The number of benzene rings is 2. The highest BCUT2D eigenvalue weighted by atomic mass is 19.1. The summed E-state index contributed by atoms with van der Waals surface area (Å²) >= 11 is 0. The second kappa shape index (κ2) is 9.30. The summed E-state index contributed by atoms with van der Waals surface area (Å²) in [6.07, 6.45) is 0.530. The Hall–Kier alpha value is -4.28. The smallest absolute Gasteiger partial charge is 0.329 e. The van der Waals surface area contributed by atoms with Gasteiger partial charge in [0.05, 0.1) is 30.2 Å². The van der Waals surface area contributed by atoms with Gasteiger partial charge in [-0.15, -0.1) is 0 Å². The number of rotatable bonds is 6. The number of aldehydes is 1. The molecule has 1 aliphatic heterocycles. The fourth-order valence-electron chi connectivity index (χ4n) is 4.03. The van der Waals surface area contributed by atoms with Crippen molar-refractivity contribution in [1.82, 2.24) is 14.5 Å². The maximum atomic E-state index is 14.8. The van der Waals surface area contributed by atoms with Gasteiger partial charge in [0, 0.05) is 13.1 Å². The van der Waals surface area contributed by atoms with Crippen LogP contribution in [0, 0.1) is 5.82 Å². The van der Waals surface area contributed by atoms with Gasteiger partial charge in [-0.3, -0.25) is 23.9 Å². The van der Waals surface area contributed by atoms with Crippen molar-refractivity contribution in [2.45, 2.75) is 6.04 Å². The highest BCUT2D eigenvalue weighted by Crippen LogP contribution is 2.27. The number of anilines is 1. The standard InChI is InChI=1S/C23H21FN4O6/c1-34-21(31)12-27-9-8-26(11-20(27)30)18-10-14(6-7-16(18)24)19(13-29)28-17-5-3-2-4-15(17)22(32)25-23(28)33/h2-7,10,13,19H,8-9,11-12H2,1H3,(H,25,32,33). The monoisotopic (exact) mass is 468 g/mol. The predicted molar refractivity (Wildman–Crippen MR) is 120 cm³/mol. The van der Waals surface area contributed by atoms with Gasteiger partial charge in [-0.25, -0.2) is 9.18 Å². The van der Waals surface area contributed by atoms with Crippen LogP contribution in [0.15, 0.2) is 52.1 Å². The molecule has 1 N–H and O–H groups in total. The molecular formula is C23H21FN4O6. The number of hydrogen-bond acceptors (Lipinski definition) is 7. The number of fused-ring (bicyclic) bond motifs is 1. The quantitative estimate of drug-likeness (QED) is 0.412. The maximum absolute atomic E-state index is 14.8. The van der Waals surface area contributed by atoms with Crippen molar-refractivity contribution >= 4 is 34.8 Å². The number of para-hydroxylation sites is 1. The molecule has 0 spiro atoms. The Kier molecular flexibility index (Phi) is 6.26. The maximum Gasteiger partial charge on any atom is 0.329 e. The Morgan fingerprint density at radius 3 is 2.65 bits per heavy atom. The molecule has 1 saturated heterocycles. The van der Waals surface area contributed by atoms with E-state index in [2.05, 4.69) is 9.72 Å². The first-order chi connectivity index (χ1) is 16.3. The largest absolute Gasteiger partial charge is 0.468 e. The molecule has 2 heterocycles. The predicted octanol–water partition coefficient (Wildman–Crippen LogP) is 0.439. The molecule has 1 fully saturated rings. The number of halogens is 1. The number of nitrogens with one attached hydrogen (secondary N) is 1. The topological polar surface area (TPSA) is 122 Å². The summed E-state index contributed by atoms with van der Waals surface area (Å²) in [7, 11) is 1.23. The van der Waals surface area contributed by atoms with Crippen LogP contribution in [0.3, 0.4) is 0 Å². The van der Waals surface area contributed by atoms with E-state index in [1.165, 1.54) is 35.1 Å². The Morgan fingerprint density at radius 1 is 1.18 bits per heavy atom. The van der Waals surface area contributed by atoms with E-state index < -0.39 is 29.1 Å². The first-order valence-corrected chi connectivity index (χ1v) is 10.4. The Bertz CT molecular complexity index is 1400. The van der Waals surface area contributed by atoms with Gasteiger partial charge >= 0.3 is 11.7 Å². The van der Waals surface area contributed by atoms with Crippen LogP contribution in [0.2, 0.25) is 0 Å². The normalized spacial score (nSPS) is 14.8. The van der Waals surface area contributed by atoms with Crippen LogP contribution in [0.4, 0.5) is 10.1 Å². The molecule has 0 radical (unpaired) electrons. The van der Waals surface area contributed by atoms with Crippen molar-refractivity contribution in [2.24, 2.45) is 0 Å². The summed E-state index contributed by atoms with van der Waals surface area (Å²) in [5.41, 5.74) is -0.721. The van der Waals surface area contributed by atoms with Crippen LogP contribution in [-0.4, -0.2) is 65.9 Å². The SMILES string of the molecule is COC(=O)CN1CCN(c2cc(C(C=O)n3c(=O)[nH]c(=O)c4ccccc43)ccc2F)CC1=O. The Balaban J connectivity index is 1.70. The summed E-state index contributed by atoms with van der Waals surface area (Å²) in [6.45, 7) is 0.0564. The molecule has 0 bridgehead atoms. The average molecular weight is 468 g/mol. The van der Waals surface area contributed by atoms with Gasteiger partial charge in [-0.2, -0.15) is 0 Å². The molecule has 1 aromatic heterocycles. The van der Waals surface area contributed by atoms with Crippen LogP contribution in [0.25, 0.3) is 10.9 Å². The average Bonchev–Trinajstić information content (AvgIpc) is 2.83. The molecule has 34 heavy (non-hydrogen) atoms. The van der Waals surface area contributed by atoms with Gasteiger partial charge in [0.1, 0.15) is 24.7 Å². The third-order valence-electron chi connectivity index (χ3n) is 5.77. The van der Waals surface area contributed by atoms with E-state index in [1.54, 1.807) is 18.2 Å². The minimum atomic E-state index is -1.15. The van der Waals surface area contributed by atoms with Gasteiger partial charge in [-0.05, 0) is 29.8 Å². The van der Waals surface area contributed by atoms with E-state index in [0.29, 0.717) is 11.8 Å². The third kappa shape index (κ3) is 4.19. The number of ether oxygens (including phenoxy) is 1. The Morgan fingerprint density at radius 2 is 1.94 bits per heavy atom. The second-order valence-corrected chi connectivity index (χ2v) is 7.75. The van der Waals surface area contributed by atoms with E-state index in [9.17, 15) is 28.4 Å². The fraction of sp³-hybridized carbons (Fsp3) is 0.261. The van der Waals surface area contributed by atoms with Gasteiger partial charge in [0.25, 0.3) is 5.56 Å². The number of H-pyrrole nitrogens is 1. The zero-order valence-corrected chi connectivity index (χ0v) is 18.2. The Labute approximate surface area is 192 Å². The number of piperazine rings is 1. The molecule has 1 amide bonds. The summed E-state index contributed by atoms with van der Waals surface area (Å²) in [4.78, 5) is 65.9. The van der Waals surface area contributed by atoms with Crippen LogP contribution in [-0.2, 0) is 19.1 Å². The highest BCUT2D eigenvalue weighted by Gasteiger charge is 2.28. The van der Waals surface area contributed by atoms with E-state index in [-0.39, 0.29) is 48.7 Å². The molecule has 1 aliphatic rings. The molecule has 0 saturated carbocycles. The van der Waals surface area contributed by atoms with Gasteiger partial charge < -0.3 is 19.3 Å². The van der Waals surface area contributed by atoms with E-state index in [0.717, 1.165) is 10.6 Å². The zero-order valence-electron chi connectivity index (χ0n) is 18.2.